The Labute approximate surface area is 138 Å². The third-order valence-corrected chi connectivity index (χ3v) is 4.34. The van der Waals surface area contributed by atoms with E-state index in [9.17, 15) is 4.79 Å². The maximum absolute atomic E-state index is 12.0. The number of nitrogens with one attached hydrogen (secondary N) is 1. The molecule has 0 radical (unpaired) electrons. The van der Waals surface area contributed by atoms with Gasteiger partial charge in [-0.05, 0) is 44.4 Å². The van der Waals surface area contributed by atoms with Gasteiger partial charge in [0.15, 0.2) is 0 Å². The molecule has 1 aliphatic heterocycles. The second-order valence-electron chi connectivity index (χ2n) is 6.21. The largest absolute Gasteiger partial charge is 0.449 e. The highest BCUT2D eigenvalue weighted by Gasteiger charge is 2.33. The van der Waals surface area contributed by atoms with Crippen LogP contribution in [0.15, 0.2) is 21.1 Å². The van der Waals surface area contributed by atoms with Crippen LogP contribution in [0.25, 0.3) is 0 Å². The summed E-state index contributed by atoms with van der Waals surface area (Å²) in [6.07, 6.45) is 3.92. The number of rotatable bonds is 5. The van der Waals surface area contributed by atoms with Crippen LogP contribution in [-0.4, -0.2) is 33.5 Å². The minimum Gasteiger partial charge on any atom is -0.449 e. The van der Waals surface area contributed by atoms with Gasteiger partial charge >= 0.3 is 0 Å². The van der Waals surface area contributed by atoms with Crippen molar-refractivity contribution in [3.05, 3.63) is 35.4 Å². The average Bonchev–Trinajstić information content (AvgIpc) is 3.01. The summed E-state index contributed by atoms with van der Waals surface area (Å²) in [5.41, 5.74) is 0. The van der Waals surface area contributed by atoms with E-state index >= 15 is 0 Å². The smallest absolute Gasteiger partial charge is 0.292 e. The zero-order chi connectivity index (χ0) is 16.5. The predicted octanol–water partition coefficient (Wildman–Crippen LogP) is 1.76. The topological polar surface area (TPSA) is 108 Å². The molecule has 1 saturated heterocycles. The molecular formula is C16H17N5O3. The molecule has 0 unspecified atom stereocenters. The molecule has 4 rings (SSSR count). The highest BCUT2D eigenvalue weighted by Crippen LogP contribution is 2.32. The Balaban J connectivity index is 1.45. The summed E-state index contributed by atoms with van der Waals surface area (Å²) in [7, 11) is 0. The molecule has 1 atom stereocenters. The fourth-order valence-electron chi connectivity index (χ4n) is 2.96. The van der Waals surface area contributed by atoms with Gasteiger partial charge in [0, 0.05) is 6.04 Å². The Morgan fingerprint density at radius 1 is 1.42 bits per heavy atom. The summed E-state index contributed by atoms with van der Waals surface area (Å²) in [4.78, 5) is 18.4. The lowest BCUT2D eigenvalue weighted by Crippen LogP contribution is -2.26. The summed E-state index contributed by atoms with van der Waals surface area (Å²) in [5, 5.41) is 15.5. The molecule has 2 aromatic rings. The molecule has 1 amide bonds. The maximum atomic E-state index is 12.0. The van der Waals surface area contributed by atoms with Crippen molar-refractivity contribution in [2.24, 2.45) is 0 Å². The third-order valence-electron chi connectivity index (χ3n) is 4.34. The minimum atomic E-state index is -0.276. The minimum absolute atomic E-state index is 0.0318. The Morgan fingerprint density at radius 2 is 2.29 bits per heavy atom. The van der Waals surface area contributed by atoms with Crippen molar-refractivity contribution in [3.8, 4) is 6.07 Å². The van der Waals surface area contributed by atoms with Crippen molar-refractivity contribution < 1.29 is 13.7 Å². The van der Waals surface area contributed by atoms with Gasteiger partial charge in [-0.2, -0.15) is 10.2 Å². The molecule has 1 aliphatic carbocycles. The van der Waals surface area contributed by atoms with Crippen LogP contribution in [0, 0.1) is 11.3 Å². The molecule has 0 bridgehead atoms. The van der Waals surface area contributed by atoms with E-state index in [2.05, 4.69) is 20.4 Å². The van der Waals surface area contributed by atoms with E-state index in [4.69, 9.17) is 14.2 Å². The van der Waals surface area contributed by atoms with E-state index in [0.29, 0.717) is 18.2 Å². The van der Waals surface area contributed by atoms with Crippen molar-refractivity contribution in [3.63, 3.8) is 0 Å². The van der Waals surface area contributed by atoms with Crippen molar-refractivity contribution in [2.45, 2.75) is 44.3 Å². The van der Waals surface area contributed by atoms with Gasteiger partial charge in [0.25, 0.3) is 11.7 Å². The number of furan rings is 1. The van der Waals surface area contributed by atoms with Crippen LogP contribution >= 0.6 is 0 Å². The van der Waals surface area contributed by atoms with Gasteiger partial charge < -0.3 is 14.3 Å². The third kappa shape index (κ3) is 3.03. The molecule has 8 nitrogen and oxygen atoms in total. The molecule has 0 aromatic carbocycles. The Kier molecular flexibility index (Phi) is 3.78. The lowest BCUT2D eigenvalue weighted by molar-refractivity contribution is 0.0937. The Morgan fingerprint density at radius 3 is 3.04 bits per heavy atom. The highest BCUT2D eigenvalue weighted by atomic mass is 16.5. The van der Waals surface area contributed by atoms with E-state index in [1.807, 2.05) is 6.07 Å². The van der Waals surface area contributed by atoms with Gasteiger partial charge in [-0.15, -0.1) is 0 Å². The van der Waals surface area contributed by atoms with Crippen molar-refractivity contribution in [2.75, 3.05) is 6.54 Å². The molecule has 8 heteroatoms. The van der Waals surface area contributed by atoms with Crippen molar-refractivity contribution in [1.29, 1.82) is 5.26 Å². The first kappa shape index (κ1) is 14.9. The van der Waals surface area contributed by atoms with E-state index in [1.54, 1.807) is 12.1 Å². The molecule has 3 heterocycles. The molecule has 2 aliphatic rings. The second kappa shape index (κ2) is 6.09. The zero-order valence-corrected chi connectivity index (χ0v) is 13.1. The normalized spacial score (nSPS) is 20.9. The monoisotopic (exact) mass is 327 g/mol. The number of hydrogen-bond acceptors (Lipinski definition) is 7. The summed E-state index contributed by atoms with van der Waals surface area (Å²) >= 11 is 0. The molecule has 2 aromatic heterocycles. The fourth-order valence-corrected chi connectivity index (χ4v) is 2.96. The van der Waals surface area contributed by atoms with Crippen LogP contribution in [0.1, 0.15) is 59.8 Å². The standard InChI is InChI=1S/C16H17N5O3/c17-8-11-5-6-12(23-11)9-21-7-1-2-13(21)16-19-14(20-24-16)15(22)18-10-3-4-10/h5-6,10,13H,1-4,7,9H2,(H,18,22)/t13-/m0/s1. The average molecular weight is 327 g/mol. The van der Waals surface area contributed by atoms with Crippen LogP contribution in [0.2, 0.25) is 0 Å². The number of aromatic nitrogens is 2. The first-order chi connectivity index (χ1) is 11.7. The first-order valence-electron chi connectivity index (χ1n) is 8.10. The first-order valence-corrected chi connectivity index (χ1v) is 8.10. The van der Waals surface area contributed by atoms with Gasteiger partial charge in [-0.3, -0.25) is 9.69 Å². The molecular weight excluding hydrogens is 310 g/mol. The fraction of sp³-hybridized carbons (Fsp3) is 0.500. The molecule has 0 spiro atoms. The summed E-state index contributed by atoms with van der Waals surface area (Å²) in [6, 6.07) is 5.67. The number of carbonyl (C=O) groups is 1. The van der Waals surface area contributed by atoms with Gasteiger partial charge in [-0.1, -0.05) is 5.16 Å². The molecule has 1 N–H and O–H groups in total. The molecule has 2 fully saturated rings. The van der Waals surface area contributed by atoms with Crippen LogP contribution in [0.4, 0.5) is 0 Å². The summed E-state index contributed by atoms with van der Waals surface area (Å²) < 4.78 is 10.8. The van der Waals surface area contributed by atoms with Crippen molar-refractivity contribution >= 4 is 5.91 Å². The highest BCUT2D eigenvalue weighted by molar-refractivity contribution is 5.90. The molecule has 1 saturated carbocycles. The van der Waals surface area contributed by atoms with Crippen LogP contribution in [0.5, 0.6) is 0 Å². The lowest BCUT2D eigenvalue weighted by atomic mass is 10.2. The van der Waals surface area contributed by atoms with E-state index < -0.39 is 0 Å². The predicted molar refractivity (Wildman–Crippen MR) is 80.6 cm³/mol. The maximum Gasteiger partial charge on any atom is 0.292 e. The van der Waals surface area contributed by atoms with E-state index in [-0.39, 0.29) is 23.8 Å². The SMILES string of the molecule is N#Cc1ccc(CN2CCC[C@H]2c2nc(C(=O)NC3CC3)no2)o1. The number of amides is 1. The van der Waals surface area contributed by atoms with Gasteiger partial charge in [0.05, 0.1) is 12.6 Å². The van der Waals surface area contributed by atoms with Crippen LogP contribution in [-0.2, 0) is 6.54 Å². The molecule has 124 valence electrons. The number of nitrogens with zero attached hydrogens (tertiary/aromatic N) is 4. The number of hydrogen-bond donors (Lipinski definition) is 1. The molecule has 24 heavy (non-hydrogen) atoms. The zero-order valence-electron chi connectivity index (χ0n) is 13.1. The quantitative estimate of drug-likeness (QED) is 0.891. The summed E-state index contributed by atoms with van der Waals surface area (Å²) in [6.45, 7) is 1.44. The summed E-state index contributed by atoms with van der Waals surface area (Å²) in [5.74, 6) is 1.30. The number of carbonyl (C=O) groups excluding carboxylic acids is 1. The Hall–Kier alpha value is -2.66. The van der Waals surface area contributed by atoms with Crippen LogP contribution in [0.3, 0.4) is 0 Å². The van der Waals surface area contributed by atoms with E-state index in [1.165, 1.54) is 0 Å². The van der Waals surface area contributed by atoms with Gasteiger partial charge in [0.1, 0.15) is 11.8 Å². The number of likely N-dealkylation sites (tertiary alicyclic amines) is 1. The Bertz CT molecular complexity index is 786. The van der Waals surface area contributed by atoms with Gasteiger partial charge in [0.2, 0.25) is 11.7 Å². The van der Waals surface area contributed by atoms with Crippen molar-refractivity contribution in [1.82, 2.24) is 20.4 Å². The second-order valence-corrected chi connectivity index (χ2v) is 6.21. The van der Waals surface area contributed by atoms with Gasteiger partial charge in [-0.25, -0.2) is 0 Å². The lowest BCUT2D eigenvalue weighted by Gasteiger charge is -2.19. The number of nitriles is 1. The van der Waals surface area contributed by atoms with Crippen LogP contribution < -0.4 is 5.32 Å². The van der Waals surface area contributed by atoms with E-state index in [0.717, 1.165) is 38.0 Å².